The molecule has 1 atom stereocenters. The van der Waals surface area contributed by atoms with E-state index in [1.807, 2.05) is 63.2 Å². The first-order valence-electron chi connectivity index (χ1n) is 9.98. The highest BCUT2D eigenvalue weighted by Gasteiger charge is 2.35. The third-order valence-corrected chi connectivity index (χ3v) is 6.02. The van der Waals surface area contributed by atoms with Crippen LogP contribution in [0, 0.1) is 18.8 Å². The van der Waals surface area contributed by atoms with Crippen LogP contribution < -0.4 is 15.5 Å². The van der Waals surface area contributed by atoms with Gasteiger partial charge in [-0.2, -0.15) is 0 Å². The van der Waals surface area contributed by atoms with Crippen LogP contribution in [-0.2, 0) is 20.9 Å². The first-order valence-corrected chi connectivity index (χ1v) is 10.8. The average molecular weight is 472 g/mol. The molecule has 1 aliphatic heterocycles. The van der Waals surface area contributed by atoms with Gasteiger partial charge in [0.25, 0.3) is 0 Å². The molecule has 1 fully saturated rings. The van der Waals surface area contributed by atoms with Crippen LogP contribution in [0.4, 0.5) is 11.4 Å². The van der Waals surface area contributed by atoms with Crippen molar-refractivity contribution in [1.82, 2.24) is 5.32 Å². The summed E-state index contributed by atoms with van der Waals surface area (Å²) in [6, 6.07) is 13.1. The molecule has 3 rings (SSSR count). The smallest absolute Gasteiger partial charge is 0.227 e. The van der Waals surface area contributed by atoms with Crippen molar-refractivity contribution in [3.8, 4) is 0 Å². The average Bonchev–Trinajstić information content (AvgIpc) is 3.10. The number of nitrogens with zero attached hydrogens (tertiary/aromatic N) is 1. The van der Waals surface area contributed by atoms with E-state index in [0.29, 0.717) is 18.8 Å². The number of benzene rings is 2. The summed E-state index contributed by atoms with van der Waals surface area (Å²) in [7, 11) is 0. The van der Waals surface area contributed by atoms with E-state index in [-0.39, 0.29) is 36.0 Å². The molecule has 1 saturated heterocycles. The van der Waals surface area contributed by atoms with Gasteiger partial charge in [0.1, 0.15) is 0 Å². The molecule has 0 spiro atoms. The fourth-order valence-corrected chi connectivity index (χ4v) is 3.56. The largest absolute Gasteiger partial charge is 0.352 e. The maximum Gasteiger partial charge on any atom is 0.227 e. The van der Waals surface area contributed by atoms with Crippen molar-refractivity contribution in [2.75, 3.05) is 16.8 Å². The van der Waals surface area contributed by atoms with Crippen molar-refractivity contribution < 1.29 is 14.4 Å². The molecule has 2 N–H and O–H groups in total. The minimum Gasteiger partial charge on any atom is -0.352 e. The summed E-state index contributed by atoms with van der Waals surface area (Å²) in [5.74, 6) is -0.730. The monoisotopic (exact) mass is 471 g/mol. The summed E-state index contributed by atoms with van der Waals surface area (Å²) in [5, 5.41) is 5.78. The molecule has 6 nitrogen and oxygen atoms in total. The van der Waals surface area contributed by atoms with Crippen LogP contribution in [0.25, 0.3) is 0 Å². The van der Waals surface area contributed by atoms with Crippen LogP contribution >= 0.6 is 15.9 Å². The van der Waals surface area contributed by atoms with Crippen LogP contribution in [-0.4, -0.2) is 24.3 Å². The first kappa shape index (κ1) is 22.0. The number of carbonyl (C=O) groups excluding carboxylic acids is 3. The summed E-state index contributed by atoms with van der Waals surface area (Å²) >= 11 is 3.47. The van der Waals surface area contributed by atoms with Crippen molar-refractivity contribution in [2.45, 2.75) is 33.7 Å². The van der Waals surface area contributed by atoms with Gasteiger partial charge in [0.2, 0.25) is 17.7 Å². The Morgan fingerprint density at radius 2 is 1.97 bits per heavy atom. The highest BCUT2D eigenvalue weighted by Crippen LogP contribution is 2.28. The Bertz CT molecular complexity index is 974. The van der Waals surface area contributed by atoms with Gasteiger partial charge in [-0.25, -0.2) is 0 Å². The van der Waals surface area contributed by atoms with Gasteiger partial charge in [0.15, 0.2) is 0 Å². The predicted octanol–water partition coefficient (Wildman–Crippen LogP) is 4.02. The zero-order valence-corrected chi connectivity index (χ0v) is 19.0. The molecule has 3 amide bonds. The number of anilines is 2. The highest BCUT2D eigenvalue weighted by molar-refractivity contribution is 9.10. The van der Waals surface area contributed by atoms with Crippen molar-refractivity contribution in [3.63, 3.8) is 0 Å². The molecule has 0 saturated carbocycles. The summed E-state index contributed by atoms with van der Waals surface area (Å²) in [6.07, 6.45) is 0.200. The topological polar surface area (TPSA) is 78.5 Å². The van der Waals surface area contributed by atoms with Gasteiger partial charge in [-0.1, -0.05) is 41.9 Å². The Labute approximate surface area is 185 Å². The van der Waals surface area contributed by atoms with Gasteiger partial charge >= 0.3 is 0 Å². The molecule has 30 heavy (non-hydrogen) atoms. The van der Waals surface area contributed by atoms with Crippen molar-refractivity contribution in [2.24, 2.45) is 11.8 Å². The van der Waals surface area contributed by atoms with Crippen LogP contribution in [0.5, 0.6) is 0 Å². The third-order valence-electron chi connectivity index (χ3n) is 5.13. The van der Waals surface area contributed by atoms with E-state index in [1.54, 1.807) is 4.90 Å². The second kappa shape index (κ2) is 9.43. The van der Waals surface area contributed by atoms with Crippen LogP contribution in [0.1, 0.15) is 31.4 Å². The zero-order chi connectivity index (χ0) is 21.8. The lowest BCUT2D eigenvalue weighted by atomic mass is 10.1. The lowest BCUT2D eigenvalue weighted by Gasteiger charge is -2.18. The lowest BCUT2D eigenvalue weighted by Crippen LogP contribution is -2.32. The Hall–Kier alpha value is -2.67. The number of aryl methyl sites for hydroxylation is 1. The molecule has 2 aromatic carbocycles. The van der Waals surface area contributed by atoms with E-state index < -0.39 is 0 Å². The standard InChI is InChI=1S/C23H26BrN3O3/c1-14(2)22(29)26-18-6-4-5-16(10-18)12-25-23(30)17-11-21(28)27(13-17)19-7-8-20(24)15(3)9-19/h4-10,14,17H,11-13H2,1-3H3,(H,25,30)(H,26,29). The fourth-order valence-electron chi connectivity index (χ4n) is 3.31. The number of amides is 3. The quantitative estimate of drug-likeness (QED) is 0.667. The van der Waals surface area contributed by atoms with E-state index in [9.17, 15) is 14.4 Å². The molecule has 7 heteroatoms. The summed E-state index contributed by atoms with van der Waals surface area (Å²) in [4.78, 5) is 38.6. The zero-order valence-electron chi connectivity index (χ0n) is 17.4. The third kappa shape index (κ3) is 5.27. The van der Waals surface area contributed by atoms with Crippen LogP contribution in [0.3, 0.4) is 0 Å². The highest BCUT2D eigenvalue weighted by atomic mass is 79.9. The Balaban J connectivity index is 1.58. The van der Waals surface area contributed by atoms with E-state index in [4.69, 9.17) is 0 Å². The van der Waals surface area contributed by atoms with Crippen molar-refractivity contribution in [1.29, 1.82) is 0 Å². The predicted molar refractivity (Wildman–Crippen MR) is 121 cm³/mol. The minimum atomic E-state index is -0.384. The van der Waals surface area contributed by atoms with Gasteiger partial charge < -0.3 is 15.5 Å². The number of hydrogen-bond acceptors (Lipinski definition) is 3. The Kier molecular flexibility index (Phi) is 6.92. The molecule has 1 unspecified atom stereocenters. The van der Waals surface area contributed by atoms with Crippen LogP contribution in [0.15, 0.2) is 46.9 Å². The first-order chi connectivity index (χ1) is 14.2. The number of rotatable bonds is 6. The molecule has 1 heterocycles. The molecule has 0 aromatic heterocycles. The van der Waals surface area contributed by atoms with E-state index in [0.717, 1.165) is 21.3 Å². The molecule has 0 bridgehead atoms. The second-order valence-electron chi connectivity index (χ2n) is 7.90. The fraction of sp³-hybridized carbons (Fsp3) is 0.348. The van der Waals surface area contributed by atoms with Gasteiger partial charge in [-0.3, -0.25) is 14.4 Å². The minimum absolute atomic E-state index is 0.0460. The second-order valence-corrected chi connectivity index (χ2v) is 8.76. The van der Waals surface area contributed by atoms with Crippen molar-refractivity contribution >= 4 is 45.0 Å². The van der Waals surface area contributed by atoms with Gasteiger partial charge in [0.05, 0.1) is 5.92 Å². The molecule has 158 valence electrons. The normalized spacial score (nSPS) is 16.1. The summed E-state index contributed by atoms with van der Waals surface area (Å²) < 4.78 is 0.985. The molecular formula is C23H26BrN3O3. The molecular weight excluding hydrogens is 446 g/mol. The van der Waals surface area contributed by atoms with Crippen molar-refractivity contribution in [3.05, 3.63) is 58.1 Å². The Morgan fingerprint density at radius 3 is 2.67 bits per heavy atom. The maximum atomic E-state index is 12.6. The van der Waals surface area contributed by atoms with E-state index >= 15 is 0 Å². The number of carbonyl (C=O) groups is 3. The maximum absolute atomic E-state index is 12.6. The number of halogens is 1. The molecule has 0 radical (unpaired) electrons. The van der Waals surface area contributed by atoms with E-state index in [2.05, 4.69) is 26.6 Å². The number of nitrogens with one attached hydrogen (secondary N) is 2. The van der Waals surface area contributed by atoms with Gasteiger partial charge in [-0.05, 0) is 48.4 Å². The number of hydrogen-bond donors (Lipinski definition) is 2. The SMILES string of the molecule is Cc1cc(N2CC(C(=O)NCc3cccc(NC(=O)C(C)C)c3)CC2=O)ccc1Br. The van der Waals surface area contributed by atoms with E-state index in [1.165, 1.54) is 0 Å². The lowest BCUT2D eigenvalue weighted by molar-refractivity contribution is -0.126. The summed E-state index contributed by atoms with van der Waals surface area (Å²) in [5.41, 5.74) is 3.44. The van der Waals surface area contributed by atoms with Crippen LogP contribution in [0.2, 0.25) is 0 Å². The van der Waals surface area contributed by atoms with Gasteiger partial charge in [0, 0.05) is 41.3 Å². The molecule has 2 aromatic rings. The molecule has 0 aliphatic carbocycles. The molecule has 1 aliphatic rings. The summed E-state index contributed by atoms with van der Waals surface area (Å²) in [6.45, 7) is 6.35. The Morgan fingerprint density at radius 1 is 1.20 bits per heavy atom. The van der Waals surface area contributed by atoms with Gasteiger partial charge in [-0.15, -0.1) is 0 Å².